The molecular weight excluding hydrogens is 1080 g/mol. The van der Waals surface area contributed by atoms with Crippen LogP contribution in [-0.2, 0) is 33.3 Å². The first-order valence-electron chi connectivity index (χ1n) is 36.4. The van der Waals surface area contributed by atoms with Gasteiger partial charge in [0.2, 0.25) is 0 Å². The number of unbranched alkanes of at least 4 members (excludes halogenated alkanes) is 36. The Hall–Kier alpha value is -3.79. The van der Waals surface area contributed by atoms with Crippen molar-refractivity contribution in [1.29, 1.82) is 0 Å². The molecule has 0 amide bonds. The van der Waals surface area contributed by atoms with Crippen molar-refractivity contribution >= 4 is 17.9 Å². The number of carboxylic acid groups (broad SMARTS) is 1. The average molecular weight is 1220 g/mol. The molecule has 0 bridgehead atoms. The van der Waals surface area contributed by atoms with Crippen LogP contribution in [0.15, 0.2) is 97.2 Å². The molecule has 0 aromatic heterocycles. The Balaban J connectivity index is 4.03. The van der Waals surface area contributed by atoms with E-state index in [0.717, 1.165) is 89.9 Å². The lowest BCUT2D eigenvalue weighted by atomic mass is 10.0. The normalized spacial score (nSPS) is 13.3. The van der Waals surface area contributed by atoms with Gasteiger partial charge in [-0.25, -0.2) is 4.79 Å². The molecule has 0 rings (SSSR count). The number of hydrogen-bond acceptors (Lipinski definition) is 7. The Bertz CT molecular complexity index is 1750. The molecule has 0 aromatic carbocycles. The van der Waals surface area contributed by atoms with Crippen molar-refractivity contribution in [2.24, 2.45) is 0 Å². The van der Waals surface area contributed by atoms with Crippen LogP contribution in [0.4, 0.5) is 0 Å². The summed E-state index contributed by atoms with van der Waals surface area (Å²) >= 11 is 0. The lowest BCUT2D eigenvalue weighted by Gasteiger charge is -2.25. The quantitative estimate of drug-likeness (QED) is 0.0211. The molecule has 9 heteroatoms. The molecule has 0 aliphatic carbocycles. The van der Waals surface area contributed by atoms with E-state index in [4.69, 9.17) is 18.9 Å². The summed E-state index contributed by atoms with van der Waals surface area (Å²) in [5.41, 5.74) is 0. The SMILES string of the molecule is CC/C=C\C/C=C\C/C=C\C/C=C\CCCCCCCCCCCCCCCCCCCCCCCCCCC(=O)OC(COC(=O)CCCCCCCCCCCCCC/C=C\C/C=C\C/C=C\C/C=C\CC)COC(OCC[N+](C)(C)C)C(=O)O. The lowest BCUT2D eigenvalue weighted by molar-refractivity contribution is -0.870. The summed E-state index contributed by atoms with van der Waals surface area (Å²) in [7, 11) is 5.98. The topological polar surface area (TPSA) is 108 Å². The minimum absolute atomic E-state index is 0.183. The van der Waals surface area contributed by atoms with E-state index in [9.17, 15) is 19.5 Å². The summed E-state index contributed by atoms with van der Waals surface area (Å²) in [6.45, 7) is 4.69. The molecule has 0 saturated heterocycles. The number of likely N-dealkylation sites (N-methyl/N-ethyl adjacent to an activating group) is 1. The molecule has 0 aliphatic heterocycles. The van der Waals surface area contributed by atoms with Crippen LogP contribution in [0.3, 0.4) is 0 Å². The highest BCUT2D eigenvalue weighted by Gasteiger charge is 2.25. The molecule has 0 aromatic rings. The van der Waals surface area contributed by atoms with Crippen LogP contribution in [0.2, 0.25) is 0 Å². The minimum atomic E-state index is -1.51. The Kier molecular flexibility index (Phi) is 65.2. The molecular formula is C78H138NO8+. The molecule has 0 spiro atoms. The number of hydrogen-bond donors (Lipinski definition) is 1. The zero-order valence-electron chi connectivity index (χ0n) is 57.4. The van der Waals surface area contributed by atoms with Gasteiger partial charge in [-0.05, 0) is 89.9 Å². The maximum atomic E-state index is 13.0. The molecule has 502 valence electrons. The predicted octanol–water partition coefficient (Wildman–Crippen LogP) is 22.8. The van der Waals surface area contributed by atoms with E-state index < -0.39 is 24.3 Å². The van der Waals surface area contributed by atoms with Gasteiger partial charge in [0.15, 0.2) is 6.10 Å². The Morgan fingerprint density at radius 3 is 0.920 bits per heavy atom. The van der Waals surface area contributed by atoms with Crippen LogP contribution in [0.1, 0.15) is 322 Å². The standard InChI is InChI=1S/C78H137NO8/c1-6-8-10-12-14-16-18-20-22-24-26-28-30-32-33-34-35-36-37-38-39-40-41-42-43-45-47-49-51-53-55-57-59-61-63-65-67-69-76(81)87-74(73-86-78(77(82)83)84-71-70-79(3,4)5)72-85-75(80)68-66-64-62-60-58-56-54-52-50-48-46-44-31-29-27-25-23-21-19-17-15-13-11-9-7-2/h8-11,14-17,20-23,26-29,74,78H,6-7,12-13,18-19,24-25,30-73H2,1-5H3/p+1/b10-8-,11-9-,16-14-,17-15-,22-20-,23-21-,28-26-,29-27-. The molecule has 2 unspecified atom stereocenters. The maximum absolute atomic E-state index is 13.0. The fourth-order valence-electron chi connectivity index (χ4n) is 10.4. The highest BCUT2D eigenvalue weighted by atomic mass is 16.7. The van der Waals surface area contributed by atoms with Crippen LogP contribution in [0.25, 0.3) is 0 Å². The third kappa shape index (κ3) is 69.5. The molecule has 9 nitrogen and oxygen atoms in total. The van der Waals surface area contributed by atoms with Gasteiger partial charge < -0.3 is 28.5 Å². The second-order valence-corrected chi connectivity index (χ2v) is 25.5. The summed E-state index contributed by atoms with van der Waals surface area (Å²) in [4.78, 5) is 37.7. The van der Waals surface area contributed by atoms with E-state index in [-0.39, 0.29) is 32.2 Å². The number of carbonyl (C=O) groups excluding carboxylic acids is 2. The second-order valence-electron chi connectivity index (χ2n) is 25.5. The van der Waals surface area contributed by atoms with Crippen LogP contribution < -0.4 is 0 Å². The monoisotopic (exact) mass is 1220 g/mol. The van der Waals surface area contributed by atoms with Crippen LogP contribution in [0, 0.1) is 0 Å². The van der Waals surface area contributed by atoms with Gasteiger partial charge in [0, 0.05) is 12.8 Å². The Labute approximate surface area is 537 Å². The smallest absolute Gasteiger partial charge is 0.361 e. The van der Waals surface area contributed by atoms with Crippen molar-refractivity contribution in [3.63, 3.8) is 0 Å². The molecule has 87 heavy (non-hydrogen) atoms. The second kappa shape index (κ2) is 68.1. The third-order valence-corrected chi connectivity index (χ3v) is 15.8. The number of ether oxygens (including phenoxy) is 4. The fourth-order valence-corrected chi connectivity index (χ4v) is 10.4. The number of carboxylic acids is 1. The van der Waals surface area contributed by atoms with Crippen molar-refractivity contribution in [2.75, 3.05) is 47.5 Å². The summed E-state index contributed by atoms with van der Waals surface area (Å²) in [5.74, 6) is -1.99. The van der Waals surface area contributed by atoms with Gasteiger partial charge in [0.25, 0.3) is 6.29 Å². The molecule has 0 fully saturated rings. The third-order valence-electron chi connectivity index (χ3n) is 15.8. The maximum Gasteiger partial charge on any atom is 0.361 e. The Morgan fingerprint density at radius 1 is 0.345 bits per heavy atom. The van der Waals surface area contributed by atoms with Crippen molar-refractivity contribution in [3.05, 3.63) is 97.2 Å². The van der Waals surface area contributed by atoms with Crippen LogP contribution in [-0.4, -0.2) is 87.4 Å². The van der Waals surface area contributed by atoms with Gasteiger partial charge in [-0.15, -0.1) is 0 Å². The van der Waals surface area contributed by atoms with E-state index in [1.807, 2.05) is 21.1 Å². The van der Waals surface area contributed by atoms with Crippen molar-refractivity contribution in [3.8, 4) is 0 Å². The zero-order valence-corrected chi connectivity index (χ0v) is 57.4. The van der Waals surface area contributed by atoms with Crippen LogP contribution in [0.5, 0.6) is 0 Å². The first-order valence-corrected chi connectivity index (χ1v) is 36.4. The van der Waals surface area contributed by atoms with Gasteiger partial charge in [-0.3, -0.25) is 9.59 Å². The Morgan fingerprint density at radius 2 is 0.621 bits per heavy atom. The molecule has 0 saturated carbocycles. The molecule has 0 heterocycles. The number of quaternary nitrogens is 1. The van der Waals surface area contributed by atoms with E-state index in [0.29, 0.717) is 17.4 Å². The highest BCUT2D eigenvalue weighted by molar-refractivity contribution is 5.71. The number of aliphatic carboxylic acids is 1. The number of nitrogens with zero attached hydrogens (tertiary/aromatic N) is 1. The summed E-state index contributed by atoms with van der Waals surface area (Å²) in [5, 5.41) is 9.75. The highest BCUT2D eigenvalue weighted by Crippen LogP contribution is 2.18. The van der Waals surface area contributed by atoms with Gasteiger partial charge in [0.1, 0.15) is 13.2 Å². The zero-order chi connectivity index (χ0) is 63.3. The number of rotatable bonds is 67. The molecule has 0 radical (unpaired) electrons. The first-order chi connectivity index (χ1) is 42.6. The summed E-state index contributed by atoms with van der Waals surface area (Å²) < 4.78 is 23.0. The van der Waals surface area contributed by atoms with Gasteiger partial charge in [0.05, 0.1) is 34.4 Å². The van der Waals surface area contributed by atoms with E-state index in [2.05, 4.69) is 111 Å². The van der Waals surface area contributed by atoms with Gasteiger partial charge in [-0.2, -0.15) is 0 Å². The number of allylic oxidation sites excluding steroid dienone is 16. The molecule has 1 N–H and O–H groups in total. The van der Waals surface area contributed by atoms with Gasteiger partial charge in [-0.1, -0.05) is 317 Å². The largest absolute Gasteiger partial charge is 0.477 e. The lowest BCUT2D eigenvalue weighted by Crippen LogP contribution is -2.40. The van der Waals surface area contributed by atoms with E-state index in [1.165, 1.54) is 205 Å². The number of carbonyl (C=O) groups is 3. The predicted molar refractivity (Wildman–Crippen MR) is 373 cm³/mol. The summed E-state index contributed by atoms with van der Waals surface area (Å²) in [6, 6.07) is 0. The first kappa shape index (κ1) is 83.2. The minimum Gasteiger partial charge on any atom is -0.477 e. The summed E-state index contributed by atoms with van der Waals surface area (Å²) in [6.07, 6.45) is 91.1. The van der Waals surface area contributed by atoms with E-state index >= 15 is 0 Å². The number of esters is 2. The fraction of sp³-hybridized carbons (Fsp3) is 0.756. The van der Waals surface area contributed by atoms with Crippen LogP contribution >= 0.6 is 0 Å². The van der Waals surface area contributed by atoms with Gasteiger partial charge >= 0.3 is 17.9 Å². The van der Waals surface area contributed by atoms with Crippen molar-refractivity contribution in [2.45, 2.75) is 334 Å². The van der Waals surface area contributed by atoms with Crippen molar-refractivity contribution < 1.29 is 42.9 Å². The molecule has 0 aliphatic rings. The van der Waals surface area contributed by atoms with Crippen molar-refractivity contribution in [1.82, 2.24) is 0 Å². The average Bonchev–Trinajstić information content (AvgIpc) is 3.57. The van der Waals surface area contributed by atoms with E-state index in [1.54, 1.807) is 0 Å². The molecule has 2 atom stereocenters.